The molecule has 0 aliphatic heterocycles. The van der Waals surface area contributed by atoms with Gasteiger partial charge in [-0.15, -0.1) is 0 Å². The maximum absolute atomic E-state index is 13.4. The smallest absolute Gasteiger partial charge is 0.416 e. The molecule has 1 aliphatic carbocycles. The van der Waals surface area contributed by atoms with Crippen LogP contribution < -0.4 is 4.74 Å². The quantitative estimate of drug-likeness (QED) is 0.663. The molecule has 1 nitrogen and oxygen atoms in total. The van der Waals surface area contributed by atoms with Crippen LogP contribution in [0.3, 0.4) is 0 Å². The van der Waals surface area contributed by atoms with Crippen molar-refractivity contribution in [1.29, 1.82) is 0 Å². The van der Waals surface area contributed by atoms with Gasteiger partial charge in [-0.1, -0.05) is 47.9 Å². The summed E-state index contributed by atoms with van der Waals surface area (Å²) < 4.78 is 45.5. The Morgan fingerprint density at radius 1 is 1.00 bits per heavy atom. The summed E-state index contributed by atoms with van der Waals surface area (Å²) in [5, 5.41) is 0. The molecule has 4 heteroatoms. The Morgan fingerprint density at radius 3 is 2.29 bits per heavy atom. The number of benzene rings is 2. The summed E-state index contributed by atoms with van der Waals surface area (Å²) in [6.07, 6.45) is 0.571. The van der Waals surface area contributed by atoms with Crippen molar-refractivity contribution in [3.63, 3.8) is 0 Å². The van der Waals surface area contributed by atoms with Crippen LogP contribution in [0, 0.1) is 0 Å². The van der Waals surface area contributed by atoms with Gasteiger partial charge >= 0.3 is 6.18 Å². The summed E-state index contributed by atoms with van der Waals surface area (Å²) in [7, 11) is 1.45. The Bertz CT molecular complexity index is 892. The van der Waals surface area contributed by atoms with Gasteiger partial charge in [0.2, 0.25) is 0 Å². The van der Waals surface area contributed by atoms with E-state index in [9.17, 15) is 13.2 Å². The minimum absolute atomic E-state index is 0.336. The van der Waals surface area contributed by atoms with Crippen LogP contribution in [0.15, 0.2) is 72.2 Å². The third-order valence-electron chi connectivity index (χ3n) is 3.64. The number of hydrogen-bond donors (Lipinski definition) is 0. The van der Waals surface area contributed by atoms with Gasteiger partial charge in [-0.25, -0.2) is 0 Å². The summed E-state index contributed by atoms with van der Waals surface area (Å²) in [4.78, 5) is 0. The van der Waals surface area contributed by atoms with Crippen LogP contribution in [-0.2, 0) is 6.18 Å². The van der Waals surface area contributed by atoms with Crippen molar-refractivity contribution in [2.75, 3.05) is 7.11 Å². The maximum Gasteiger partial charge on any atom is 0.416 e. The minimum atomic E-state index is -4.46. The minimum Gasteiger partial charge on any atom is -0.495 e. The Morgan fingerprint density at radius 2 is 1.71 bits per heavy atom. The van der Waals surface area contributed by atoms with E-state index in [1.165, 1.54) is 7.11 Å². The Labute approximate surface area is 137 Å². The van der Waals surface area contributed by atoms with Gasteiger partial charge in [0.1, 0.15) is 5.75 Å². The van der Waals surface area contributed by atoms with Gasteiger partial charge < -0.3 is 4.74 Å². The SMILES string of the molecule is COc1c(C2=C=C=CC=C2)cc(C(F)(F)F)cc1-c1ccccc1. The first-order valence-electron chi connectivity index (χ1n) is 7.24. The number of rotatable bonds is 3. The topological polar surface area (TPSA) is 9.23 Å². The third-order valence-corrected chi connectivity index (χ3v) is 3.64. The average molecular weight is 326 g/mol. The molecule has 0 spiro atoms. The van der Waals surface area contributed by atoms with Crippen molar-refractivity contribution in [1.82, 2.24) is 0 Å². The van der Waals surface area contributed by atoms with E-state index in [0.717, 1.165) is 12.1 Å². The van der Waals surface area contributed by atoms with Crippen molar-refractivity contribution in [3.05, 3.63) is 83.3 Å². The molecule has 0 radical (unpaired) electrons. The molecule has 0 aromatic heterocycles. The molecule has 120 valence electrons. The van der Waals surface area contributed by atoms with Crippen molar-refractivity contribution in [2.24, 2.45) is 0 Å². The normalized spacial score (nSPS) is 13.1. The van der Waals surface area contributed by atoms with Crippen LogP contribution in [0.1, 0.15) is 11.1 Å². The summed E-state index contributed by atoms with van der Waals surface area (Å²) in [6.45, 7) is 0. The van der Waals surface area contributed by atoms with E-state index >= 15 is 0 Å². The molecule has 24 heavy (non-hydrogen) atoms. The molecule has 0 fully saturated rings. The molecule has 0 saturated carbocycles. The zero-order valence-corrected chi connectivity index (χ0v) is 12.8. The lowest BCUT2D eigenvalue weighted by molar-refractivity contribution is -0.137. The van der Waals surface area contributed by atoms with E-state index in [-0.39, 0.29) is 0 Å². The lowest BCUT2D eigenvalue weighted by atomic mass is 9.93. The van der Waals surface area contributed by atoms with Crippen molar-refractivity contribution in [3.8, 4) is 16.9 Å². The number of hydrogen-bond acceptors (Lipinski definition) is 1. The van der Waals surface area contributed by atoms with Gasteiger partial charge in [0.05, 0.1) is 12.7 Å². The van der Waals surface area contributed by atoms with Crippen LogP contribution in [-0.4, -0.2) is 7.11 Å². The molecule has 0 bridgehead atoms. The predicted octanol–water partition coefficient (Wildman–Crippen LogP) is 5.64. The van der Waals surface area contributed by atoms with E-state index in [0.29, 0.717) is 28.0 Å². The fourth-order valence-corrected chi connectivity index (χ4v) is 2.56. The van der Waals surface area contributed by atoms with Gasteiger partial charge in [0.15, 0.2) is 0 Å². The monoisotopic (exact) mass is 326 g/mol. The van der Waals surface area contributed by atoms with Crippen LogP contribution in [0.4, 0.5) is 13.2 Å². The Hall–Kier alpha value is -2.93. The van der Waals surface area contributed by atoms with Crippen LogP contribution in [0.25, 0.3) is 16.7 Å². The number of halogens is 3. The second kappa shape index (κ2) is 6.29. The number of alkyl halides is 3. The summed E-state index contributed by atoms with van der Waals surface area (Å²) >= 11 is 0. The predicted molar refractivity (Wildman–Crippen MR) is 87.6 cm³/mol. The lowest BCUT2D eigenvalue weighted by Crippen LogP contribution is -2.07. The standard InChI is InChI=1S/C20H13F3O/c1-24-19-17(14-8-4-2-5-9-14)12-16(20(21,22)23)13-18(19)15-10-6-3-7-11-15/h2-6,8-10,12-13H,1H3. The second-order valence-corrected chi connectivity index (χ2v) is 5.18. The van der Waals surface area contributed by atoms with Crippen LogP contribution >= 0.6 is 0 Å². The first-order valence-corrected chi connectivity index (χ1v) is 7.24. The zero-order chi connectivity index (χ0) is 17.2. The highest BCUT2D eigenvalue weighted by Crippen LogP contribution is 2.42. The Kier molecular flexibility index (Phi) is 4.18. The molecule has 3 rings (SSSR count). The van der Waals surface area contributed by atoms with Gasteiger partial charge in [0, 0.05) is 16.7 Å². The van der Waals surface area contributed by atoms with Gasteiger partial charge in [-0.2, -0.15) is 13.2 Å². The van der Waals surface area contributed by atoms with Gasteiger partial charge in [-0.3, -0.25) is 0 Å². The van der Waals surface area contributed by atoms with Crippen LogP contribution in [0.5, 0.6) is 5.75 Å². The van der Waals surface area contributed by atoms with E-state index in [1.807, 2.05) is 6.07 Å². The summed E-state index contributed by atoms with van der Waals surface area (Å²) in [6, 6.07) is 11.1. The fourth-order valence-electron chi connectivity index (χ4n) is 2.56. The molecule has 0 heterocycles. The summed E-state index contributed by atoms with van der Waals surface area (Å²) in [5.41, 5.74) is 6.76. The van der Waals surface area contributed by atoms with E-state index in [4.69, 9.17) is 4.74 Å². The maximum atomic E-state index is 13.4. The molecule has 2 aromatic carbocycles. The molecule has 0 amide bonds. The highest BCUT2D eigenvalue weighted by molar-refractivity contribution is 5.85. The highest BCUT2D eigenvalue weighted by atomic mass is 19.4. The first kappa shape index (κ1) is 15.9. The largest absolute Gasteiger partial charge is 0.495 e. The lowest BCUT2D eigenvalue weighted by Gasteiger charge is -2.18. The van der Waals surface area contributed by atoms with Crippen molar-refractivity contribution >= 4 is 5.57 Å². The average Bonchev–Trinajstić information content (AvgIpc) is 2.61. The van der Waals surface area contributed by atoms with Crippen LogP contribution in [0.2, 0.25) is 0 Å². The molecule has 0 unspecified atom stereocenters. The van der Waals surface area contributed by atoms with Gasteiger partial charge in [-0.05, 0) is 29.8 Å². The molecule has 0 atom stereocenters. The summed E-state index contributed by atoms with van der Waals surface area (Å²) in [5.74, 6) is 0.380. The highest BCUT2D eigenvalue weighted by Gasteiger charge is 2.33. The van der Waals surface area contributed by atoms with Gasteiger partial charge in [0.25, 0.3) is 0 Å². The molecular weight excluding hydrogens is 313 g/mol. The number of allylic oxidation sites excluding steroid dienone is 4. The fraction of sp³-hybridized carbons (Fsp3) is 0.100. The third kappa shape index (κ3) is 3.07. The Balaban J connectivity index is 2.34. The van der Waals surface area contributed by atoms with E-state index in [2.05, 4.69) is 11.5 Å². The zero-order valence-electron chi connectivity index (χ0n) is 12.8. The number of methoxy groups -OCH3 is 1. The molecule has 1 aliphatic rings. The second-order valence-electron chi connectivity index (χ2n) is 5.18. The molecule has 0 N–H and O–H groups in total. The first-order chi connectivity index (χ1) is 11.5. The molecule has 0 saturated heterocycles. The van der Waals surface area contributed by atoms with Crippen molar-refractivity contribution < 1.29 is 17.9 Å². The van der Waals surface area contributed by atoms with E-state index < -0.39 is 11.7 Å². The van der Waals surface area contributed by atoms with Crippen molar-refractivity contribution in [2.45, 2.75) is 6.18 Å². The molecular formula is C20H13F3O. The molecule has 2 aromatic rings. The number of ether oxygens (including phenoxy) is 1. The van der Waals surface area contributed by atoms with E-state index in [1.54, 1.807) is 42.5 Å².